The summed E-state index contributed by atoms with van der Waals surface area (Å²) in [5.74, 6) is 0.907. The van der Waals surface area contributed by atoms with Gasteiger partial charge in [0.05, 0.1) is 24.1 Å². The van der Waals surface area contributed by atoms with E-state index in [1.807, 2.05) is 16.9 Å². The van der Waals surface area contributed by atoms with Crippen molar-refractivity contribution in [2.45, 2.75) is 37.5 Å². The number of nitrogens with zero attached hydrogens (tertiary/aromatic N) is 4. The quantitative estimate of drug-likeness (QED) is 0.290. The molecule has 0 saturated carbocycles. The number of methoxy groups -OCH3 is 1. The topological polar surface area (TPSA) is 61.9 Å². The molecule has 0 unspecified atom stereocenters. The molecule has 0 aliphatic carbocycles. The minimum Gasteiger partial charge on any atom is -0.383 e. The predicted molar refractivity (Wildman–Crippen MR) is 110 cm³/mol. The van der Waals surface area contributed by atoms with Crippen molar-refractivity contribution in [2.24, 2.45) is 0 Å². The maximum Gasteiger partial charge on any atom is 0.262 e. The molecule has 0 bridgehead atoms. The molecule has 2 heterocycles. The molecule has 2 aromatic heterocycles. The van der Waals surface area contributed by atoms with Crippen molar-refractivity contribution in [3.63, 3.8) is 0 Å². The van der Waals surface area contributed by atoms with Gasteiger partial charge in [-0.1, -0.05) is 29.8 Å². The summed E-state index contributed by atoms with van der Waals surface area (Å²) < 4.78 is 8.80. The third kappa shape index (κ3) is 5.34. The van der Waals surface area contributed by atoms with Gasteiger partial charge in [-0.05, 0) is 37.1 Å². The minimum atomic E-state index is -0.0464. The molecule has 0 fully saturated rings. The van der Waals surface area contributed by atoms with Crippen LogP contribution < -0.4 is 5.56 Å². The molecule has 1 aromatic carbocycles. The fourth-order valence-electron chi connectivity index (χ4n) is 2.81. The average molecular weight is 407 g/mol. The Bertz CT molecular complexity index is 927. The highest BCUT2D eigenvalue weighted by Gasteiger charge is 2.12. The molecule has 144 valence electrons. The molecule has 27 heavy (non-hydrogen) atoms. The zero-order chi connectivity index (χ0) is 19.1. The SMILES string of the molecule is COCCn1c(SCCCCCn2cccn2)nc2cc(Cl)ccc2c1=O. The smallest absolute Gasteiger partial charge is 0.262 e. The van der Waals surface area contributed by atoms with Crippen LogP contribution in [0.5, 0.6) is 0 Å². The largest absolute Gasteiger partial charge is 0.383 e. The van der Waals surface area contributed by atoms with Gasteiger partial charge in [0.2, 0.25) is 0 Å². The molecule has 3 aromatic rings. The summed E-state index contributed by atoms with van der Waals surface area (Å²) in [5.41, 5.74) is 0.595. The van der Waals surface area contributed by atoms with Crippen LogP contribution in [-0.2, 0) is 17.8 Å². The molecule has 0 spiro atoms. The standard InChI is InChI=1S/C19H23ClN4O2S/c1-26-12-11-24-18(25)16-7-6-15(20)14-17(16)22-19(24)27-13-4-2-3-9-23-10-5-8-21-23/h5-8,10,14H,2-4,9,11-13H2,1H3. The number of unbranched alkanes of at least 4 members (excludes halogenated alkanes) is 2. The number of fused-ring (bicyclic) bond motifs is 1. The van der Waals surface area contributed by atoms with Gasteiger partial charge < -0.3 is 4.74 Å². The zero-order valence-electron chi connectivity index (χ0n) is 15.3. The van der Waals surface area contributed by atoms with Crippen LogP contribution in [0.25, 0.3) is 10.9 Å². The number of halogens is 1. The van der Waals surface area contributed by atoms with Gasteiger partial charge in [0, 0.05) is 36.8 Å². The summed E-state index contributed by atoms with van der Waals surface area (Å²) >= 11 is 7.68. The van der Waals surface area contributed by atoms with Crippen molar-refractivity contribution in [1.29, 1.82) is 0 Å². The van der Waals surface area contributed by atoms with Crippen molar-refractivity contribution >= 4 is 34.3 Å². The van der Waals surface area contributed by atoms with Gasteiger partial charge in [0.25, 0.3) is 5.56 Å². The number of aromatic nitrogens is 4. The van der Waals surface area contributed by atoms with Crippen molar-refractivity contribution < 1.29 is 4.74 Å². The van der Waals surface area contributed by atoms with E-state index in [1.165, 1.54) is 0 Å². The van der Waals surface area contributed by atoms with Crippen LogP contribution in [-0.4, -0.2) is 38.8 Å². The van der Waals surface area contributed by atoms with Crippen LogP contribution >= 0.6 is 23.4 Å². The summed E-state index contributed by atoms with van der Waals surface area (Å²) in [6.07, 6.45) is 7.02. The summed E-state index contributed by atoms with van der Waals surface area (Å²) in [7, 11) is 1.63. The molecule has 0 N–H and O–H groups in total. The van der Waals surface area contributed by atoms with E-state index in [0.29, 0.717) is 29.1 Å². The maximum absolute atomic E-state index is 12.8. The fourth-order valence-corrected chi connectivity index (χ4v) is 4.00. The summed E-state index contributed by atoms with van der Waals surface area (Å²) in [4.78, 5) is 17.5. The van der Waals surface area contributed by atoms with E-state index in [2.05, 4.69) is 10.1 Å². The number of hydrogen-bond donors (Lipinski definition) is 0. The second-order valence-electron chi connectivity index (χ2n) is 6.18. The molecular formula is C19H23ClN4O2S. The van der Waals surface area contributed by atoms with Crippen LogP contribution in [0.4, 0.5) is 0 Å². The normalized spacial score (nSPS) is 11.3. The van der Waals surface area contributed by atoms with Gasteiger partial charge in [-0.2, -0.15) is 5.10 Å². The molecule has 0 amide bonds. The average Bonchev–Trinajstić information content (AvgIpc) is 3.17. The van der Waals surface area contributed by atoms with Gasteiger partial charge in [-0.25, -0.2) is 4.98 Å². The zero-order valence-corrected chi connectivity index (χ0v) is 16.9. The van der Waals surface area contributed by atoms with Gasteiger partial charge in [0.1, 0.15) is 0 Å². The van der Waals surface area contributed by atoms with Crippen molar-refractivity contribution in [3.05, 3.63) is 52.0 Å². The monoisotopic (exact) mass is 406 g/mol. The highest BCUT2D eigenvalue weighted by atomic mass is 35.5. The first kappa shape index (κ1) is 19.9. The first-order valence-electron chi connectivity index (χ1n) is 8.98. The van der Waals surface area contributed by atoms with Crippen LogP contribution in [0.3, 0.4) is 0 Å². The third-order valence-electron chi connectivity index (χ3n) is 4.22. The number of thioether (sulfide) groups is 1. The van der Waals surface area contributed by atoms with Crippen LogP contribution in [0, 0.1) is 0 Å². The first-order chi connectivity index (χ1) is 13.2. The Kier molecular flexibility index (Phi) is 7.32. The van der Waals surface area contributed by atoms with Crippen LogP contribution in [0.2, 0.25) is 5.02 Å². The Balaban J connectivity index is 1.65. The Morgan fingerprint density at radius 1 is 1.22 bits per heavy atom. The van der Waals surface area contributed by atoms with Gasteiger partial charge in [0.15, 0.2) is 5.16 Å². The number of aryl methyl sites for hydroxylation is 1. The summed E-state index contributed by atoms with van der Waals surface area (Å²) in [6, 6.07) is 7.14. The van der Waals surface area contributed by atoms with E-state index in [0.717, 1.165) is 36.7 Å². The Hall–Kier alpha value is -1.83. The van der Waals surface area contributed by atoms with Gasteiger partial charge in [-0.15, -0.1) is 0 Å². The van der Waals surface area contributed by atoms with Crippen molar-refractivity contribution in [2.75, 3.05) is 19.5 Å². The maximum atomic E-state index is 12.8. The number of rotatable bonds is 10. The predicted octanol–water partition coefficient (Wildman–Crippen LogP) is 3.86. The highest BCUT2D eigenvalue weighted by Crippen LogP contribution is 2.21. The van der Waals surface area contributed by atoms with E-state index in [-0.39, 0.29) is 5.56 Å². The van der Waals surface area contributed by atoms with Gasteiger partial charge in [-0.3, -0.25) is 14.0 Å². The summed E-state index contributed by atoms with van der Waals surface area (Å²) in [5, 5.41) is 6.09. The lowest BCUT2D eigenvalue weighted by atomic mass is 10.2. The fraction of sp³-hybridized carbons (Fsp3) is 0.421. The van der Waals surface area contributed by atoms with E-state index >= 15 is 0 Å². The van der Waals surface area contributed by atoms with E-state index < -0.39 is 0 Å². The first-order valence-corrected chi connectivity index (χ1v) is 10.3. The van der Waals surface area contributed by atoms with Crippen LogP contribution in [0.1, 0.15) is 19.3 Å². The molecule has 0 atom stereocenters. The Morgan fingerprint density at radius 2 is 2.11 bits per heavy atom. The van der Waals surface area contributed by atoms with E-state index in [1.54, 1.807) is 47.8 Å². The molecule has 8 heteroatoms. The highest BCUT2D eigenvalue weighted by molar-refractivity contribution is 7.99. The number of hydrogen-bond acceptors (Lipinski definition) is 5. The molecular weight excluding hydrogens is 384 g/mol. The Morgan fingerprint density at radius 3 is 2.89 bits per heavy atom. The van der Waals surface area contributed by atoms with E-state index in [9.17, 15) is 4.79 Å². The third-order valence-corrected chi connectivity index (χ3v) is 5.52. The lowest BCUT2D eigenvalue weighted by molar-refractivity contribution is 0.183. The second-order valence-corrected chi connectivity index (χ2v) is 7.68. The molecule has 0 saturated heterocycles. The number of ether oxygens (including phenoxy) is 1. The number of benzene rings is 1. The van der Waals surface area contributed by atoms with E-state index in [4.69, 9.17) is 16.3 Å². The molecule has 0 radical (unpaired) electrons. The minimum absolute atomic E-state index is 0.0464. The van der Waals surface area contributed by atoms with Gasteiger partial charge >= 0.3 is 0 Å². The second kappa shape index (κ2) is 9.92. The molecule has 6 nitrogen and oxygen atoms in total. The van der Waals surface area contributed by atoms with Crippen molar-refractivity contribution in [3.8, 4) is 0 Å². The molecule has 0 aliphatic rings. The lowest BCUT2D eigenvalue weighted by Crippen LogP contribution is -2.25. The Labute approximate surface area is 167 Å². The summed E-state index contributed by atoms with van der Waals surface area (Å²) in [6.45, 7) is 1.89. The molecule has 3 rings (SSSR count). The van der Waals surface area contributed by atoms with Crippen LogP contribution in [0.15, 0.2) is 46.6 Å². The molecule has 0 aliphatic heterocycles. The lowest BCUT2D eigenvalue weighted by Gasteiger charge is -2.13. The van der Waals surface area contributed by atoms with Crippen molar-refractivity contribution in [1.82, 2.24) is 19.3 Å².